The zero-order valence-electron chi connectivity index (χ0n) is 23.7. The van der Waals surface area contributed by atoms with E-state index in [0.29, 0.717) is 32.5 Å². The SMILES string of the molecule is CC1(NC(=O)OCc2ccccc2)CCN(C[C@H]2O[C@@H]3OC(C)(C)O[C@@H]3[C@H]2OC(=O)Oc2ccc([N+](=O)[O-])cc2)CC1. The zero-order chi connectivity index (χ0) is 29.9. The van der Waals surface area contributed by atoms with Gasteiger partial charge in [0.2, 0.25) is 0 Å². The van der Waals surface area contributed by atoms with Gasteiger partial charge < -0.3 is 38.6 Å². The third-order valence-electron chi connectivity index (χ3n) is 7.58. The number of amides is 1. The molecular formula is C29H35N3O10. The number of nitro benzene ring substituents is 1. The number of hydrogen-bond donors (Lipinski definition) is 1. The minimum atomic E-state index is -0.985. The lowest BCUT2D eigenvalue weighted by Crippen LogP contribution is -2.55. The number of carbonyl (C=O) groups is 2. The van der Waals surface area contributed by atoms with Crippen LogP contribution in [0, 0.1) is 10.1 Å². The van der Waals surface area contributed by atoms with Gasteiger partial charge in [-0.15, -0.1) is 0 Å². The second-order valence-corrected chi connectivity index (χ2v) is 11.4. The molecule has 0 saturated carbocycles. The normalized spacial score (nSPS) is 26.2. The third-order valence-corrected chi connectivity index (χ3v) is 7.58. The number of benzene rings is 2. The summed E-state index contributed by atoms with van der Waals surface area (Å²) in [5, 5.41) is 13.9. The Bertz CT molecular complexity index is 1260. The van der Waals surface area contributed by atoms with Crippen LogP contribution in [0.2, 0.25) is 0 Å². The van der Waals surface area contributed by atoms with Crippen molar-refractivity contribution in [2.24, 2.45) is 0 Å². The summed E-state index contributed by atoms with van der Waals surface area (Å²) < 4.78 is 34.3. The predicted octanol–water partition coefficient (Wildman–Crippen LogP) is 4.14. The fraction of sp³-hybridized carbons (Fsp3) is 0.517. The molecular weight excluding hydrogens is 550 g/mol. The van der Waals surface area contributed by atoms with Crippen LogP contribution >= 0.6 is 0 Å². The van der Waals surface area contributed by atoms with Gasteiger partial charge in [0, 0.05) is 37.3 Å². The first kappa shape index (κ1) is 29.7. The number of fused-ring (bicyclic) bond motifs is 1. The molecule has 0 bridgehead atoms. The van der Waals surface area contributed by atoms with Crippen LogP contribution in [-0.4, -0.2) is 77.6 Å². The molecule has 3 aliphatic rings. The van der Waals surface area contributed by atoms with E-state index in [1.165, 1.54) is 24.3 Å². The number of piperidine rings is 1. The van der Waals surface area contributed by atoms with Crippen LogP contribution in [0.4, 0.5) is 15.3 Å². The maximum atomic E-state index is 12.7. The minimum absolute atomic E-state index is 0.103. The van der Waals surface area contributed by atoms with Gasteiger partial charge in [-0.25, -0.2) is 9.59 Å². The summed E-state index contributed by atoms with van der Waals surface area (Å²) in [6.07, 6.45) is -2.85. The molecule has 2 aromatic carbocycles. The van der Waals surface area contributed by atoms with Crippen LogP contribution in [-0.2, 0) is 30.3 Å². The number of non-ortho nitro benzene ring substituents is 1. The Morgan fingerprint density at radius 3 is 2.40 bits per heavy atom. The summed E-state index contributed by atoms with van der Waals surface area (Å²) in [4.78, 5) is 37.7. The van der Waals surface area contributed by atoms with E-state index < -0.39 is 53.1 Å². The monoisotopic (exact) mass is 585 g/mol. The van der Waals surface area contributed by atoms with Crippen molar-refractivity contribution in [1.29, 1.82) is 0 Å². The largest absolute Gasteiger partial charge is 0.514 e. The molecule has 226 valence electrons. The number of ether oxygens (including phenoxy) is 6. The Morgan fingerprint density at radius 2 is 1.74 bits per heavy atom. The van der Waals surface area contributed by atoms with Gasteiger partial charge in [-0.05, 0) is 51.3 Å². The Labute approximate surface area is 243 Å². The van der Waals surface area contributed by atoms with Crippen LogP contribution in [0.1, 0.15) is 39.2 Å². The molecule has 13 heteroatoms. The molecule has 3 saturated heterocycles. The maximum Gasteiger partial charge on any atom is 0.514 e. The van der Waals surface area contributed by atoms with Gasteiger partial charge in [-0.1, -0.05) is 30.3 Å². The van der Waals surface area contributed by atoms with Crippen molar-refractivity contribution < 1.29 is 42.9 Å². The van der Waals surface area contributed by atoms with E-state index in [0.717, 1.165) is 5.56 Å². The van der Waals surface area contributed by atoms with E-state index in [2.05, 4.69) is 10.2 Å². The van der Waals surface area contributed by atoms with Crippen molar-refractivity contribution in [3.8, 4) is 5.75 Å². The number of nitrogens with one attached hydrogen (secondary N) is 1. The van der Waals surface area contributed by atoms with Gasteiger partial charge in [0.1, 0.15) is 18.5 Å². The average Bonchev–Trinajstić information content (AvgIpc) is 3.40. The molecule has 4 atom stereocenters. The molecule has 0 aromatic heterocycles. The summed E-state index contributed by atoms with van der Waals surface area (Å²) >= 11 is 0. The molecule has 0 aliphatic carbocycles. The number of hydrogen-bond acceptors (Lipinski definition) is 11. The molecule has 1 amide bonds. The molecule has 3 aliphatic heterocycles. The number of nitrogens with zero attached hydrogens (tertiary/aromatic N) is 2. The van der Waals surface area contributed by atoms with Gasteiger partial charge in [0.05, 0.1) is 4.92 Å². The average molecular weight is 586 g/mol. The van der Waals surface area contributed by atoms with Gasteiger partial charge in [0.25, 0.3) is 5.69 Å². The second kappa shape index (κ2) is 12.2. The van der Waals surface area contributed by atoms with Crippen LogP contribution in [0.15, 0.2) is 54.6 Å². The van der Waals surface area contributed by atoms with Crippen LogP contribution < -0.4 is 10.1 Å². The van der Waals surface area contributed by atoms with Gasteiger partial charge in [-0.3, -0.25) is 10.1 Å². The van der Waals surface area contributed by atoms with Gasteiger partial charge >= 0.3 is 12.2 Å². The first-order chi connectivity index (χ1) is 20.0. The highest BCUT2D eigenvalue weighted by Gasteiger charge is 2.57. The highest BCUT2D eigenvalue weighted by molar-refractivity contribution is 5.68. The van der Waals surface area contributed by atoms with E-state index in [9.17, 15) is 19.7 Å². The van der Waals surface area contributed by atoms with Crippen molar-refractivity contribution in [2.75, 3.05) is 19.6 Å². The standard InChI is InChI=1S/C29H35N3O10/c1-28(2)41-24-23(40-27(34)38-21-11-9-20(10-12-21)32(35)36)22(39-25(24)42-28)17-31-15-13-29(3,14-16-31)30-26(33)37-18-19-7-5-4-6-8-19/h4-12,22-25H,13-18H2,1-3H3,(H,30,33)/t22-,23+,24-,25-/m1/s1. The molecule has 1 N–H and O–H groups in total. The highest BCUT2D eigenvalue weighted by Crippen LogP contribution is 2.39. The van der Waals surface area contributed by atoms with Crippen LogP contribution in [0.5, 0.6) is 5.75 Å². The third kappa shape index (κ3) is 7.34. The number of nitro groups is 1. The molecule has 0 unspecified atom stereocenters. The van der Waals surface area contributed by atoms with Gasteiger partial charge in [0.15, 0.2) is 24.3 Å². The fourth-order valence-corrected chi connectivity index (χ4v) is 5.32. The molecule has 13 nitrogen and oxygen atoms in total. The highest BCUT2D eigenvalue weighted by atomic mass is 16.9. The van der Waals surface area contributed by atoms with Crippen molar-refractivity contribution >= 4 is 17.9 Å². The van der Waals surface area contributed by atoms with E-state index >= 15 is 0 Å². The molecule has 3 heterocycles. The Hall–Kier alpha value is -3.78. The fourth-order valence-electron chi connectivity index (χ4n) is 5.32. The summed E-state index contributed by atoms with van der Waals surface area (Å²) in [7, 11) is 0. The van der Waals surface area contributed by atoms with Crippen molar-refractivity contribution in [1.82, 2.24) is 10.2 Å². The predicted molar refractivity (Wildman–Crippen MR) is 147 cm³/mol. The quantitative estimate of drug-likeness (QED) is 0.206. The molecule has 0 radical (unpaired) electrons. The van der Waals surface area contributed by atoms with Crippen LogP contribution in [0.25, 0.3) is 0 Å². The summed E-state index contributed by atoms with van der Waals surface area (Å²) in [6, 6.07) is 14.6. The Balaban J connectivity index is 1.14. The van der Waals surface area contributed by atoms with Gasteiger partial charge in [-0.2, -0.15) is 0 Å². The topological polar surface area (TPSA) is 148 Å². The molecule has 0 spiro atoms. The van der Waals surface area contributed by atoms with Crippen molar-refractivity contribution in [3.63, 3.8) is 0 Å². The lowest BCUT2D eigenvalue weighted by molar-refractivity contribution is -0.384. The second-order valence-electron chi connectivity index (χ2n) is 11.4. The lowest BCUT2D eigenvalue weighted by atomic mass is 9.89. The summed E-state index contributed by atoms with van der Waals surface area (Å²) in [6.45, 7) is 7.46. The van der Waals surface area contributed by atoms with Crippen molar-refractivity contribution in [2.45, 2.75) is 76.1 Å². The summed E-state index contributed by atoms with van der Waals surface area (Å²) in [5.41, 5.74) is 0.357. The smallest absolute Gasteiger partial charge is 0.445 e. The molecule has 2 aromatic rings. The van der Waals surface area contributed by atoms with Crippen molar-refractivity contribution in [3.05, 3.63) is 70.3 Å². The van der Waals surface area contributed by atoms with E-state index in [1.54, 1.807) is 13.8 Å². The molecule has 3 fully saturated rings. The van der Waals surface area contributed by atoms with E-state index in [-0.39, 0.29) is 18.0 Å². The molecule has 42 heavy (non-hydrogen) atoms. The van der Waals surface area contributed by atoms with E-state index in [4.69, 9.17) is 28.4 Å². The lowest BCUT2D eigenvalue weighted by Gasteiger charge is -2.40. The molecule has 5 rings (SSSR count). The number of likely N-dealkylation sites (tertiary alicyclic amines) is 1. The first-order valence-electron chi connectivity index (χ1n) is 13.8. The zero-order valence-corrected chi connectivity index (χ0v) is 23.7. The van der Waals surface area contributed by atoms with E-state index in [1.807, 2.05) is 37.3 Å². The Kier molecular flexibility index (Phi) is 8.64. The van der Waals surface area contributed by atoms with Crippen LogP contribution in [0.3, 0.4) is 0 Å². The maximum absolute atomic E-state index is 12.7. The first-order valence-corrected chi connectivity index (χ1v) is 13.8. The number of alkyl carbamates (subject to hydrolysis) is 1. The summed E-state index contributed by atoms with van der Waals surface area (Å²) in [5.74, 6) is -0.815. The Morgan fingerprint density at radius 1 is 1.05 bits per heavy atom. The number of carbonyl (C=O) groups excluding carboxylic acids is 2. The minimum Gasteiger partial charge on any atom is -0.445 e. The number of rotatable bonds is 8.